The zero-order valence-electron chi connectivity index (χ0n) is 15.3. The van der Waals surface area contributed by atoms with Crippen LogP contribution in [0.5, 0.6) is 0 Å². The maximum atomic E-state index is 12.3. The third-order valence-corrected chi connectivity index (χ3v) is 4.95. The molecule has 0 amide bonds. The summed E-state index contributed by atoms with van der Waals surface area (Å²) in [6.45, 7) is 4.41. The third kappa shape index (κ3) is 4.02. The van der Waals surface area contributed by atoms with Crippen molar-refractivity contribution in [3.05, 3.63) is 65.0 Å². The van der Waals surface area contributed by atoms with E-state index in [4.69, 9.17) is 0 Å². The van der Waals surface area contributed by atoms with Crippen molar-refractivity contribution in [2.75, 3.05) is 18.0 Å². The summed E-state index contributed by atoms with van der Waals surface area (Å²) in [6, 6.07) is 9.07. The van der Waals surface area contributed by atoms with E-state index in [2.05, 4.69) is 25.0 Å². The summed E-state index contributed by atoms with van der Waals surface area (Å²) in [5, 5.41) is 4.56. The summed E-state index contributed by atoms with van der Waals surface area (Å²) in [5.41, 5.74) is 2.68. The number of nitrogens with zero attached hydrogens (tertiary/aromatic N) is 6. The van der Waals surface area contributed by atoms with Crippen LogP contribution in [0.25, 0.3) is 11.3 Å². The van der Waals surface area contributed by atoms with Gasteiger partial charge in [0.05, 0.1) is 5.69 Å². The van der Waals surface area contributed by atoms with Gasteiger partial charge in [-0.15, -0.1) is 0 Å². The molecular weight excluding hydrogens is 340 g/mol. The molecular formula is C20H22N6O. The van der Waals surface area contributed by atoms with Crippen LogP contribution >= 0.6 is 0 Å². The molecule has 1 aliphatic rings. The molecule has 7 nitrogen and oxygen atoms in total. The second-order valence-electron chi connectivity index (χ2n) is 6.90. The predicted molar refractivity (Wildman–Crippen MR) is 103 cm³/mol. The molecule has 27 heavy (non-hydrogen) atoms. The average Bonchev–Trinajstić information content (AvgIpc) is 2.71. The van der Waals surface area contributed by atoms with Crippen LogP contribution in [0.4, 0.5) is 5.95 Å². The van der Waals surface area contributed by atoms with Gasteiger partial charge in [0.1, 0.15) is 0 Å². The molecule has 0 N–H and O–H groups in total. The van der Waals surface area contributed by atoms with E-state index in [9.17, 15) is 4.79 Å². The molecule has 1 saturated heterocycles. The first-order valence-corrected chi connectivity index (χ1v) is 9.22. The first kappa shape index (κ1) is 17.3. The van der Waals surface area contributed by atoms with Gasteiger partial charge >= 0.3 is 0 Å². The van der Waals surface area contributed by atoms with Gasteiger partial charge in [0.25, 0.3) is 5.56 Å². The molecule has 138 valence electrons. The van der Waals surface area contributed by atoms with Crippen molar-refractivity contribution in [3.63, 3.8) is 0 Å². The Morgan fingerprint density at radius 1 is 1.04 bits per heavy atom. The highest BCUT2D eigenvalue weighted by atomic mass is 16.1. The standard InChI is InChI=1S/C20H22N6O/c1-15-4-11-22-20(23-15)25-12-7-16(8-13-25)14-26-19(27)3-2-18(24-26)17-5-9-21-10-6-17/h2-6,9-11,16H,7-8,12-14H2,1H3. The minimum Gasteiger partial charge on any atom is -0.341 e. The van der Waals surface area contributed by atoms with Gasteiger partial charge in [-0.3, -0.25) is 9.78 Å². The van der Waals surface area contributed by atoms with E-state index < -0.39 is 0 Å². The Morgan fingerprint density at radius 3 is 2.56 bits per heavy atom. The smallest absolute Gasteiger partial charge is 0.266 e. The average molecular weight is 362 g/mol. The first-order valence-electron chi connectivity index (χ1n) is 9.22. The Kier molecular flexibility index (Phi) is 4.91. The van der Waals surface area contributed by atoms with Crippen LogP contribution in [-0.2, 0) is 6.54 Å². The molecule has 0 atom stereocenters. The molecule has 7 heteroatoms. The summed E-state index contributed by atoms with van der Waals surface area (Å²) < 4.78 is 1.60. The van der Waals surface area contributed by atoms with Gasteiger partial charge in [-0.05, 0) is 49.9 Å². The summed E-state index contributed by atoms with van der Waals surface area (Å²) in [7, 11) is 0. The lowest BCUT2D eigenvalue weighted by Crippen LogP contribution is -2.37. The number of anilines is 1. The van der Waals surface area contributed by atoms with Crippen molar-refractivity contribution in [1.82, 2.24) is 24.7 Å². The highest BCUT2D eigenvalue weighted by Gasteiger charge is 2.22. The van der Waals surface area contributed by atoms with Gasteiger partial charge in [-0.25, -0.2) is 14.6 Å². The summed E-state index contributed by atoms with van der Waals surface area (Å²) in [4.78, 5) is 27.4. The van der Waals surface area contributed by atoms with Crippen LogP contribution in [0.3, 0.4) is 0 Å². The van der Waals surface area contributed by atoms with E-state index in [1.165, 1.54) is 0 Å². The molecule has 4 rings (SSSR count). The quantitative estimate of drug-likeness (QED) is 0.709. The second kappa shape index (κ2) is 7.65. The highest BCUT2D eigenvalue weighted by molar-refractivity contribution is 5.56. The van der Waals surface area contributed by atoms with E-state index in [0.717, 1.165) is 48.8 Å². The second-order valence-corrected chi connectivity index (χ2v) is 6.90. The maximum Gasteiger partial charge on any atom is 0.266 e. The van der Waals surface area contributed by atoms with Crippen LogP contribution in [0.15, 0.2) is 53.7 Å². The molecule has 4 heterocycles. The van der Waals surface area contributed by atoms with Crippen LogP contribution in [0.2, 0.25) is 0 Å². The molecule has 0 spiro atoms. The van der Waals surface area contributed by atoms with Crippen molar-refractivity contribution in [1.29, 1.82) is 0 Å². The van der Waals surface area contributed by atoms with Gasteiger partial charge in [0.2, 0.25) is 5.95 Å². The van der Waals surface area contributed by atoms with Crippen LogP contribution in [-0.4, -0.2) is 37.8 Å². The molecule has 1 aliphatic heterocycles. The Balaban J connectivity index is 1.44. The molecule has 0 radical (unpaired) electrons. The van der Waals surface area contributed by atoms with E-state index in [1.54, 1.807) is 35.4 Å². The van der Waals surface area contributed by atoms with Crippen molar-refractivity contribution in [2.45, 2.75) is 26.3 Å². The summed E-state index contributed by atoms with van der Waals surface area (Å²) in [6.07, 6.45) is 7.25. The first-order chi connectivity index (χ1) is 13.2. The fourth-order valence-electron chi connectivity index (χ4n) is 3.40. The molecule has 0 aliphatic carbocycles. The lowest BCUT2D eigenvalue weighted by Gasteiger charge is -2.32. The van der Waals surface area contributed by atoms with Crippen LogP contribution in [0.1, 0.15) is 18.5 Å². The summed E-state index contributed by atoms with van der Waals surface area (Å²) in [5.74, 6) is 1.22. The van der Waals surface area contributed by atoms with Crippen LogP contribution in [0, 0.1) is 12.8 Å². The SMILES string of the molecule is Cc1ccnc(N2CCC(Cn3nc(-c4ccncc4)ccc3=O)CC2)n1. The number of aromatic nitrogens is 5. The van der Waals surface area contributed by atoms with Crippen molar-refractivity contribution < 1.29 is 0 Å². The fraction of sp³-hybridized carbons (Fsp3) is 0.350. The Hall–Kier alpha value is -3.09. The van der Waals surface area contributed by atoms with Gasteiger partial charge in [0.15, 0.2) is 0 Å². The van der Waals surface area contributed by atoms with Gasteiger partial charge in [-0.1, -0.05) is 0 Å². The van der Waals surface area contributed by atoms with Crippen molar-refractivity contribution in [3.8, 4) is 11.3 Å². The number of pyridine rings is 1. The Labute approximate surface area is 157 Å². The lowest BCUT2D eigenvalue weighted by molar-refractivity contribution is 0.334. The topological polar surface area (TPSA) is 76.8 Å². The van der Waals surface area contributed by atoms with Gasteiger partial charge in [-0.2, -0.15) is 5.10 Å². The van der Waals surface area contributed by atoms with Crippen LogP contribution < -0.4 is 10.5 Å². The zero-order valence-corrected chi connectivity index (χ0v) is 15.3. The zero-order chi connectivity index (χ0) is 18.6. The lowest BCUT2D eigenvalue weighted by atomic mass is 9.97. The maximum absolute atomic E-state index is 12.3. The van der Waals surface area contributed by atoms with Crippen molar-refractivity contribution in [2.24, 2.45) is 5.92 Å². The van der Waals surface area contributed by atoms with Gasteiger partial charge in [0, 0.05) is 55.5 Å². The molecule has 3 aromatic heterocycles. The summed E-state index contributed by atoms with van der Waals surface area (Å²) >= 11 is 0. The number of rotatable bonds is 4. The minimum atomic E-state index is -0.0581. The van der Waals surface area contributed by atoms with E-state index in [0.29, 0.717) is 12.5 Å². The number of hydrogen-bond acceptors (Lipinski definition) is 6. The number of aryl methyl sites for hydroxylation is 1. The molecule has 0 unspecified atom stereocenters. The monoisotopic (exact) mass is 362 g/mol. The number of piperidine rings is 1. The minimum absolute atomic E-state index is 0.0581. The Morgan fingerprint density at radius 2 is 1.81 bits per heavy atom. The predicted octanol–water partition coefficient (Wildman–Crippen LogP) is 2.32. The van der Waals surface area contributed by atoms with E-state index in [-0.39, 0.29) is 5.56 Å². The highest BCUT2D eigenvalue weighted by Crippen LogP contribution is 2.22. The van der Waals surface area contributed by atoms with E-state index >= 15 is 0 Å². The van der Waals surface area contributed by atoms with Gasteiger partial charge < -0.3 is 4.90 Å². The molecule has 0 saturated carbocycles. The third-order valence-electron chi connectivity index (χ3n) is 4.95. The Bertz CT molecular complexity index is 963. The molecule has 0 aromatic carbocycles. The molecule has 3 aromatic rings. The number of hydrogen-bond donors (Lipinski definition) is 0. The normalized spacial score (nSPS) is 15.1. The largest absolute Gasteiger partial charge is 0.341 e. The fourth-order valence-corrected chi connectivity index (χ4v) is 3.40. The van der Waals surface area contributed by atoms with E-state index in [1.807, 2.05) is 25.1 Å². The molecule has 0 bridgehead atoms. The molecule has 1 fully saturated rings. The van der Waals surface area contributed by atoms with Crippen molar-refractivity contribution >= 4 is 5.95 Å².